The third kappa shape index (κ3) is 3.20. The Labute approximate surface area is 111 Å². The predicted octanol–water partition coefficient (Wildman–Crippen LogP) is 2.25. The van der Waals surface area contributed by atoms with Crippen molar-refractivity contribution in [1.82, 2.24) is 15.1 Å². The van der Waals surface area contributed by atoms with Gasteiger partial charge in [-0.05, 0) is 31.4 Å². The molecule has 0 saturated heterocycles. The highest BCUT2D eigenvalue weighted by atomic mass is 32.1. The number of carbonyl (C=O) groups excluding carboxylic acids is 1. The lowest BCUT2D eigenvalue weighted by Gasteiger charge is -2.17. The van der Waals surface area contributed by atoms with Crippen molar-refractivity contribution in [3.8, 4) is 0 Å². The molecule has 0 fully saturated rings. The summed E-state index contributed by atoms with van der Waals surface area (Å²) in [6, 6.07) is 5.80. The van der Waals surface area contributed by atoms with E-state index in [9.17, 15) is 4.79 Å². The Hall–Kier alpha value is -1.62. The Kier molecular flexibility index (Phi) is 4.15. The average molecular weight is 263 g/mol. The molecule has 0 aliphatic heterocycles. The summed E-state index contributed by atoms with van der Waals surface area (Å²) in [4.78, 5) is 13.3. The number of aromatic nitrogens is 2. The van der Waals surface area contributed by atoms with Gasteiger partial charge in [-0.2, -0.15) is 5.10 Å². The number of nitrogens with one attached hydrogen (secondary N) is 1. The minimum Gasteiger partial charge on any atom is -0.351 e. The van der Waals surface area contributed by atoms with Crippen LogP contribution >= 0.6 is 11.3 Å². The van der Waals surface area contributed by atoms with E-state index in [0.29, 0.717) is 0 Å². The first-order chi connectivity index (χ1) is 8.66. The maximum Gasteiger partial charge on any atom is 0.244 e. The molecule has 2 aromatic heterocycles. The first kappa shape index (κ1) is 12.8. The molecule has 2 rings (SSSR count). The molecule has 5 heteroatoms. The van der Waals surface area contributed by atoms with E-state index >= 15 is 0 Å². The van der Waals surface area contributed by atoms with Gasteiger partial charge in [0, 0.05) is 29.7 Å². The number of nitrogens with zero attached hydrogens (tertiary/aromatic N) is 2. The van der Waals surface area contributed by atoms with E-state index in [-0.39, 0.29) is 18.0 Å². The smallest absolute Gasteiger partial charge is 0.244 e. The summed E-state index contributed by atoms with van der Waals surface area (Å²) in [5, 5.41) is 9.14. The molecule has 1 amide bonds. The molecule has 0 aromatic carbocycles. The van der Waals surface area contributed by atoms with Gasteiger partial charge in [0.15, 0.2) is 0 Å². The molecule has 96 valence electrons. The van der Waals surface area contributed by atoms with E-state index in [2.05, 4.69) is 21.9 Å². The maximum atomic E-state index is 12.0. The van der Waals surface area contributed by atoms with Crippen LogP contribution in [0.15, 0.2) is 36.0 Å². The van der Waals surface area contributed by atoms with Crippen molar-refractivity contribution in [2.75, 3.05) is 0 Å². The number of amides is 1. The van der Waals surface area contributed by atoms with Crippen molar-refractivity contribution in [2.45, 2.75) is 32.4 Å². The van der Waals surface area contributed by atoms with Gasteiger partial charge in [-0.25, -0.2) is 0 Å². The maximum absolute atomic E-state index is 12.0. The Morgan fingerprint density at radius 1 is 1.50 bits per heavy atom. The van der Waals surface area contributed by atoms with Gasteiger partial charge in [0.2, 0.25) is 5.91 Å². The predicted molar refractivity (Wildman–Crippen MR) is 72.6 cm³/mol. The Morgan fingerprint density at radius 3 is 2.94 bits per heavy atom. The molecule has 0 aliphatic rings. The summed E-state index contributed by atoms with van der Waals surface area (Å²) < 4.78 is 1.66. The molecule has 2 aromatic rings. The van der Waals surface area contributed by atoms with E-state index < -0.39 is 0 Å². The highest BCUT2D eigenvalue weighted by Crippen LogP contribution is 2.11. The highest BCUT2D eigenvalue weighted by molar-refractivity contribution is 7.09. The summed E-state index contributed by atoms with van der Waals surface area (Å²) in [6.45, 7) is 3.87. The van der Waals surface area contributed by atoms with Crippen LogP contribution in [-0.2, 0) is 11.2 Å². The van der Waals surface area contributed by atoms with E-state index in [1.807, 2.05) is 26.0 Å². The summed E-state index contributed by atoms with van der Waals surface area (Å²) in [7, 11) is 0. The first-order valence-corrected chi connectivity index (χ1v) is 6.86. The largest absolute Gasteiger partial charge is 0.351 e. The minimum absolute atomic E-state index is 0.00255. The average Bonchev–Trinajstić information content (AvgIpc) is 2.99. The van der Waals surface area contributed by atoms with Crippen molar-refractivity contribution in [1.29, 1.82) is 0 Å². The molecule has 1 N–H and O–H groups in total. The van der Waals surface area contributed by atoms with Crippen LogP contribution in [0.4, 0.5) is 0 Å². The van der Waals surface area contributed by atoms with Gasteiger partial charge in [-0.1, -0.05) is 6.07 Å². The topological polar surface area (TPSA) is 46.9 Å². The van der Waals surface area contributed by atoms with Crippen LogP contribution in [0.1, 0.15) is 24.8 Å². The fraction of sp³-hybridized carbons (Fsp3) is 0.385. The van der Waals surface area contributed by atoms with Crippen molar-refractivity contribution in [3.05, 3.63) is 40.8 Å². The molecule has 0 spiro atoms. The molecule has 0 unspecified atom stereocenters. The lowest BCUT2D eigenvalue weighted by atomic mass is 10.2. The standard InChI is InChI=1S/C13H17N3OS/c1-10(9-12-5-3-8-18-12)15-13(17)11(2)16-7-4-6-14-16/h3-8,10-11H,9H2,1-2H3,(H,15,17)/t10-,11-/m1/s1. The molecule has 2 heterocycles. The number of hydrogen-bond acceptors (Lipinski definition) is 3. The summed E-state index contributed by atoms with van der Waals surface area (Å²) in [5.41, 5.74) is 0. The Morgan fingerprint density at radius 2 is 2.33 bits per heavy atom. The normalized spacial score (nSPS) is 14.1. The number of hydrogen-bond donors (Lipinski definition) is 1. The monoisotopic (exact) mass is 263 g/mol. The molecule has 4 nitrogen and oxygen atoms in total. The van der Waals surface area contributed by atoms with Crippen LogP contribution in [0.5, 0.6) is 0 Å². The van der Waals surface area contributed by atoms with Crippen LogP contribution in [-0.4, -0.2) is 21.7 Å². The minimum atomic E-state index is -0.272. The highest BCUT2D eigenvalue weighted by Gasteiger charge is 2.17. The van der Waals surface area contributed by atoms with Gasteiger partial charge in [-0.3, -0.25) is 9.48 Å². The fourth-order valence-electron chi connectivity index (χ4n) is 1.77. The van der Waals surface area contributed by atoms with Gasteiger partial charge in [0.05, 0.1) is 0 Å². The third-order valence-electron chi connectivity index (χ3n) is 2.78. The number of carbonyl (C=O) groups is 1. The first-order valence-electron chi connectivity index (χ1n) is 5.98. The number of thiophene rings is 1. The lowest BCUT2D eigenvalue weighted by Crippen LogP contribution is -2.38. The Bertz CT molecular complexity index is 478. The van der Waals surface area contributed by atoms with Crippen LogP contribution in [0, 0.1) is 0 Å². The van der Waals surface area contributed by atoms with Gasteiger partial charge >= 0.3 is 0 Å². The van der Waals surface area contributed by atoms with Crippen molar-refractivity contribution < 1.29 is 4.79 Å². The zero-order valence-electron chi connectivity index (χ0n) is 10.5. The molecular weight excluding hydrogens is 246 g/mol. The van der Waals surface area contributed by atoms with Gasteiger partial charge in [0.1, 0.15) is 6.04 Å². The van der Waals surface area contributed by atoms with Crippen LogP contribution in [0.25, 0.3) is 0 Å². The van der Waals surface area contributed by atoms with Gasteiger partial charge in [0.25, 0.3) is 0 Å². The van der Waals surface area contributed by atoms with Crippen molar-refractivity contribution in [3.63, 3.8) is 0 Å². The second-order valence-electron chi connectivity index (χ2n) is 4.36. The third-order valence-corrected chi connectivity index (χ3v) is 3.68. The second kappa shape index (κ2) is 5.82. The van der Waals surface area contributed by atoms with Crippen molar-refractivity contribution in [2.24, 2.45) is 0 Å². The summed E-state index contributed by atoms with van der Waals surface area (Å²) >= 11 is 1.72. The molecule has 0 aliphatic carbocycles. The lowest BCUT2D eigenvalue weighted by molar-refractivity contribution is -0.124. The van der Waals surface area contributed by atoms with Crippen LogP contribution in [0.2, 0.25) is 0 Å². The van der Waals surface area contributed by atoms with Crippen molar-refractivity contribution >= 4 is 17.2 Å². The second-order valence-corrected chi connectivity index (χ2v) is 5.39. The number of rotatable bonds is 5. The summed E-state index contributed by atoms with van der Waals surface area (Å²) in [6.07, 6.45) is 4.35. The molecule has 18 heavy (non-hydrogen) atoms. The molecule has 0 bridgehead atoms. The SMILES string of the molecule is C[C@H](Cc1cccs1)NC(=O)[C@@H](C)n1cccn1. The van der Waals surface area contributed by atoms with E-state index in [4.69, 9.17) is 0 Å². The summed E-state index contributed by atoms with van der Waals surface area (Å²) in [5.74, 6) is 0.00255. The van der Waals surface area contributed by atoms with Crippen LogP contribution in [0.3, 0.4) is 0 Å². The molecule has 0 saturated carbocycles. The molecule has 2 atom stereocenters. The van der Waals surface area contributed by atoms with E-state index in [1.165, 1.54) is 4.88 Å². The fourth-order valence-corrected chi connectivity index (χ4v) is 2.61. The van der Waals surface area contributed by atoms with Gasteiger partial charge in [-0.15, -0.1) is 11.3 Å². The van der Waals surface area contributed by atoms with Crippen LogP contribution < -0.4 is 5.32 Å². The molecule has 0 radical (unpaired) electrons. The van der Waals surface area contributed by atoms with E-state index in [1.54, 1.807) is 28.4 Å². The quantitative estimate of drug-likeness (QED) is 0.899. The van der Waals surface area contributed by atoms with E-state index in [0.717, 1.165) is 6.42 Å². The van der Waals surface area contributed by atoms with Gasteiger partial charge < -0.3 is 5.32 Å². The zero-order valence-corrected chi connectivity index (χ0v) is 11.4. The molecular formula is C13H17N3OS. The zero-order chi connectivity index (χ0) is 13.0. The Balaban J connectivity index is 1.87.